The Hall–Kier alpha value is -2.36. The van der Waals surface area contributed by atoms with E-state index >= 15 is 0 Å². The lowest BCUT2D eigenvalue weighted by Gasteiger charge is -1.98. The Bertz CT molecular complexity index is 529. The Morgan fingerprint density at radius 1 is 1.35 bits per heavy atom. The van der Waals surface area contributed by atoms with Gasteiger partial charge < -0.3 is 9.30 Å². The summed E-state index contributed by atoms with van der Waals surface area (Å²) in [5.41, 5.74) is 1.73. The van der Waals surface area contributed by atoms with Gasteiger partial charge in [0.25, 0.3) is 0 Å². The monoisotopic (exact) mass is 228 g/mol. The fourth-order valence-electron chi connectivity index (χ4n) is 1.39. The molecule has 0 fully saturated rings. The molecule has 4 nitrogen and oxygen atoms in total. The number of aromatic nitrogens is 2. The van der Waals surface area contributed by atoms with E-state index in [-0.39, 0.29) is 5.97 Å². The molecule has 0 bridgehead atoms. The Morgan fingerprint density at radius 2 is 2.12 bits per heavy atom. The zero-order chi connectivity index (χ0) is 12.1. The number of para-hydroxylation sites is 1. The van der Waals surface area contributed by atoms with Crippen molar-refractivity contribution in [2.24, 2.45) is 0 Å². The highest BCUT2D eigenvalue weighted by atomic mass is 16.5. The van der Waals surface area contributed by atoms with Crippen LogP contribution in [0.15, 0.2) is 48.9 Å². The number of benzene rings is 1. The largest absolute Gasteiger partial charge is 0.466 e. The molecule has 1 aromatic heterocycles. The normalized spacial score (nSPS) is 10.6. The maximum atomic E-state index is 10.9. The molecule has 0 aliphatic rings. The maximum absolute atomic E-state index is 10.9. The molecule has 0 amide bonds. The molecule has 86 valence electrons. The molecule has 0 atom stereocenters. The van der Waals surface area contributed by atoms with Crippen molar-refractivity contribution in [3.63, 3.8) is 0 Å². The third-order valence-corrected chi connectivity index (χ3v) is 2.25. The van der Waals surface area contributed by atoms with Crippen molar-refractivity contribution in [3.05, 3.63) is 54.6 Å². The molecule has 0 unspecified atom stereocenters. The van der Waals surface area contributed by atoms with Crippen LogP contribution in [0.3, 0.4) is 0 Å². The predicted octanol–water partition coefficient (Wildman–Crippen LogP) is 2.06. The number of methoxy groups -OCH3 is 1. The number of hydrogen-bond acceptors (Lipinski definition) is 3. The minimum absolute atomic E-state index is 0.390. The van der Waals surface area contributed by atoms with E-state index in [1.54, 1.807) is 12.4 Å². The highest BCUT2D eigenvalue weighted by Crippen LogP contribution is 2.08. The van der Waals surface area contributed by atoms with Gasteiger partial charge in [0.2, 0.25) is 0 Å². The molecule has 4 heteroatoms. The Balaban J connectivity index is 2.17. The van der Waals surface area contributed by atoms with Crippen LogP contribution >= 0.6 is 0 Å². The second-order valence-electron chi connectivity index (χ2n) is 3.40. The van der Waals surface area contributed by atoms with E-state index < -0.39 is 0 Å². The summed E-state index contributed by atoms with van der Waals surface area (Å²) in [4.78, 5) is 15.1. The molecule has 0 radical (unpaired) electrons. The van der Waals surface area contributed by atoms with E-state index in [0.717, 1.165) is 5.69 Å². The summed E-state index contributed by atoms with van der Waals surface area (Å²) in [5, 5.41) is 0. The standard InChI is InChI=1S/C13H12N2O2/c1-17-13(16)8-7-11-9-15(10-14-11)12-5-3-2-4-6-12/h2-10H,1H3/b8-7+. The molecule has 0 spiro atoms. The summed E-state index contributed by atoms with van der Waals surface area (Å²) >= 11 is 0. The number of nitrogens with zero attached hydrogens (tertiary/aromatic N) is 2. The molecule has 2 rings (SSSR count). The van der Waals surface area contributed by atoms with Crippen LogP contribution in [0.25, 0.3) is 11.8 Å². The SMILES string of the molecule is COC(=O)/C=C/c1cn(-c2ccccc2)cn1. The molecule has 0 aliphatic carbocycles. The van der Waals surface area contributed by atoms with E-state index in [4.69, 9.17) is 0 Å². The lowest BCUT2D eigenvalue weighted by atomic mass is 10.3. The van der Waals surface area contributed by atoms with Crippen molar-refractivity contribution in [1.29, 1.82) is 0 Å². The molecule has 2 aromatic rings. The molecule has 1 aromatic carbocycles. The van der Waals surface area contributed by atoms with Crippen LogP contribution in [0, 0.1) is 0 Å². The van der Waals surface area contributed by atoms with Crippen LogP contribution in [0.4, 0.5) is 0 Å². The van der Waals surface area contributed by atoms with E-state index in [9.17, 15) is 4.79 Å². The van der Waals surface area contributed by atoms with Gasteiger partial charge in [-0.2, -0.15) is 0 Å². The van der Waals surface area contributed by atoms with Crippen LogP contribution in [0.1, 0.15) is 5.69 Å². The minimum atomic E-state index is -0.390. The van der Waals surface area contributed by atoms with E-state index in [1.807, 2.05) is 41.1 Å². The maximum Gasteiger partial charge on any atom is 0.330 e. The summed E-state index contributed by atoms with van der Waals surface area (Å²) in [7, 11) is 1.34. The first-order chi connectivity index (χ1) is 8.29. The third-order valence-electron chi connectivity index (χ3n) is 2.25. The number of ether oxygens (including phenoxy) is 1. The first-order valence-corrected chi connectivity index (χ1v) is 5.15. The molecule has 17 heavy (non-hydrogen) atoms. The van der Waals surface area contributed by atoms with Gasteiger partial charge in [-0.05, 0) is 18.2 Å². The average Bonchev–Trinajstić information content (AvgIpc) is 2.86. The zero-order valence-corrected chi connectivity index (χ0v) is 9.41. The Kier molecular flexibility index (Phi) is 3.35. The van der Waals surface area contributed by atoms with Gasteiger partial charge in [-0.25, -0.2) is 9.78 Å². The Labute approximate surface area is 99.2 Å². The van der Waals surface area contributed by atoms with Crippen LogP contribution in [-0.4, -0.2) is 22.6 Å². The summed E-state index contributed by atoms with van der Waals surface area (Å²) in [6.07, 6.45) is 6.50. The summed E-state index contributed by atoms with van der Waals surface area (Å²) in [6.45, 7) is 0. The molecular formula is C13H12N2O2. The average molecular weight is 228 g/mol. The van der Waals surface area contributed by atoms with Gasteiger partial charge in [0.15, 0.2) is 0 Å². The smallest absolute Gasteiger partial charge is 0.330 e. The molecular weight excluding hydrogens is 216 g/mol. The number of carbonyl (C=O) groups is 1. The third kappa shape index (κ3) is 2.81. The number of rotatable bonds is 3. The molecule has 0 N–H and O–H groups in total. The van der Waals surface area contributed by atoms with Crippen LogP contribution < -0.4 is 0 Å². The fourth-order valence-corrected chi connectivity index (χ4v) is 1.39. The quantitative estimate of drug-likeness (QED) is 0.596. The number of carbonyl (C=O) groups excluding carboxylic acids is 1. The highest BCUT2D eigenvalue weighted by molar-refractivity contribution is 5.86. The van der Waals surface area contributed by atoms with E-state index in [1.165, 1.54) is 13.2 Å². The topological polar surface area (TPSA) is 44.1 Å². The lowest BCUT2D eigenvalue weighted by Crippen LogP contribution is -1.93. The molecule has 0 saturated carbocycles. The van der Waals surface area contributed by atoms with Crippen LogP contribution in [0.5, 0.6) is 0 Å². The first-order valence-electron chi connectivity index (χ1n) is 5.15. The van der Waals surface area contributed by atoms with Gasteiger partial charge in [-0.1, -0.05) is 18.2 Å². The van der Waals surface area contributed by atoms with Gasteiger partial charge in [-0.3, -0.25) is 0 Å². The van der Waals surface area contributed by atoms with Crippen LogP contribution in [0.2, 0.25) is 0 Å². The van der Waals surface area contributed by atoms with E-state index in [2.05, 4.69) is 9.72 Å². The van der Waals surface area contributed by atoms with Crippen molar-refractivity contribution in [2.75, 3.05) is 7.11 Å². The van der Waals surface area contributed by atoms with Gasteiger partial charge >= 0.3 is 5.97 Å². The van der Waals surface area contributed by atoms with Crippen LogP contribution in [-0.2, 0) is 9.53 Å². The summed E-state index contributed by atoms with van der Waals surface area (Å²) < 4.78 is 6.39. The second-order valence-corrected chi connectivity index (χ2v) is 3.40. The van der Waals surface area contributed by atoms with Gasteiger partial charge in [0, 0.05) is 18.0 Å². The van der Waals surface area contributed by atoms with Gasteiger partial charge in [0.1, 0.15) is 0 Å². The van der Waals surface area contributed by atoms with Crippen molar-refractivity contribution in [3.8, 4) is 5.69 Å². The number of imidazole rings is 1. The zero-order valence-electron chi connectivity index (χ0n) is 9.41. The highest BCUT2D eigenvalue weighted by Gasteiger charge is 1.98. The molecule has 0 aliphatic heterocycles. The summed E-state index contributed by atoms with van der Waals surface area (Å²) in [6, 6.07) is 9.84. The van der Waals surface area contributed by atoms with Crippen molar-refractivity contribution in [2.45, 2.75) is 0 Å². The van der Waals surface area contributed by atoms with E-state index in [0.29, 0.717) is 5.69 Å². The van der Waals surface area contributed by atoms with Gasteiger partial charge in [-0.15, -0.1) is 0 Å². The first kappa shape index (κ1) is 11.1. The number of esters is 1. The minimum Gasteiger partial charge on any atom is -0.466 e. The summed E-state index contributed by atoms with van der Waals surface area (Å²) in [5.74, 6) is -0.390. The molecule has 0 saturated heterocycles. The van der Waals surface area contributed by atoms with Gasteiger partial charge in [0.05, 0.1) is 19.1 Å². The fraction of sp³-hybridized carbons (Fsp3) is 0.0769. The lowest BCUT2D eigenvalue weighted by molar-refractivity contribution is -0.134. The Morgan fingerprint density at radius 3 is 2.82 bits per heavy atom. The van der Waals surface area contributed by atoms with Crippen molar-refractivity contribution < 1.29 is 9.53 Å². The second kappa shape index (κ2) is 5.12. The number of hydrogen-bond donors (Lipinski definition) is 0. The van der Waals surface area contributed by atoms with Crippen molar-refractivity contribution >= 4 is 12.0 Å². The predicted molar refractivity (Wildman–Crippen MR) is 64.6 cm³/mol. The van der Waals surface area contributed by atoms with Crippen molar-refractivity contribution in [1.82, 2.24) is 9.55 Å². The molecule has 1 heterocycles.